The van der Waals surface area contributed by atoms with E-state index in [0.29, 0.717) is 26.1 Å². The standard InChI is InChI=1S/C25H31N3O3/c1-17(2)22(23-26-20-7-5-6-8-21(20)28(23)3)27-24(29)25(13-15-31-16-14-25)18-9-11-19(30-4)12-10-18/h5-12,17,22H,13-16H2,1-4H3,(H,27,29). The average molecular weight is 422 g/mol. The first-order valence-corrected chi connectivity index (χ1v) is 10.9. The summed E-state index contributed by atoms with van der Waals surface area (Å²) in [4.78, 5) is 18.7. The largest absolute Gasteiger partial charge is 0.497 e. The van der Waals surface area contributed by atoms with E-state index in [9.17, 15) is 4.79 Å². The number of carbonyl (C=O) groups excluding carboxylic acids is 1. The van der Waals surface area contributed by atoms with Gasteiger partial charge in [0.15, 0.2) is 0 Å². The number of carbonyl (C=O) groups is 1. The number of aromatic nitrogens is 2. The molecule has 1 amide bonds. The van der Waals surface area contributed by atoms with Crippen LogP contribution in [0.1, 0.15) is 44.1 Å². The van der Waals surface area contributed by atoms with Crippen LogP contribution >= 0.6 is 0 Å². The van der Waals surface area contributed by atoms with Crippen molar-refractivity contribution in [3.05, 3.63) is 59.9 Å². The van der Waals surface area contributed by atoms with Gasteiger partial charge in [0.2, 0.25) is 5.91 Å². The van der Waals surface area contributed by atoms with Crippen LogP contribution in [0.5, 0.6) is 5.75 Å². The smallest absolute Gasteiger partial charge is 0.231 e. The minimum absolute atomic E-state index is 0.0340. The zero-order valence-electron chi connectivity index (χ0n) is 18.7. The molecular weight excluding hydrogens is 390 g/mol. The van der Waals surface area contributed by atoms with E-state index in [4.69, 9.17) is 14.5 Å². The topological polar surface area (TPSA) is 65.4 Å². The first-order valence-electron chi connectivity index (χ1n) is 10.9. The van der Waals surface area contributed by atoms with E-state index in [1.54, 1.807) is 7.11 Å². The molecule has 6 heteroatoms. The van der Waals surface area contributed by atoms with Crippen molar-refractivity contribution in [2.75, 3.05) is 20.3 Å². The van der Waals surface area contributed by atoms with E-state index in [-0.39, 0.29) is 17.9 Å². The zero-order chi connectivity index (χ0) is 22.0. The fourth-order valence-corrected chi connectivity index (χ4v) is 4.53. The molecular formula is C25H31N3O3. The molecule has 1 aliphatic rings. The number of benzene rings is 2. The first kappa shape index (κ1) is 21.4. The molecule has 1 saturated heterocycles. The van der Waals surface area contributed by atoms with Gasteiger partial charge in [-0.15, -0.1) is 0 Å². The Morgan fingerprint density at radius 1 is 1.13 bits per heavy atom. The average Bonchev–Trinajstić information content (AvgIpc) is 3.13. The SMILES string of the molecule is COc1ccc(C2(C(=O)NC(c3nc4ccccc4n3C)C(C)C)CCOCC2)cc1. The maximum atomic E-state index is 13.9. The number of amides is 1. The van der Waals surface area contributed by atoms with Gasteiger partial charge in [-0.05, 0) is 48.6 Å². The van der Waals surface area contributed by atoms with Gasteiger partial charge in [-0.25, -0.2) is 4.98 Å². The van der Waals surface area contributed by atoms with Crippen LogP contribution in [0.25, 0.3) is 11.0 Å². The lowest BCUT2D eigenvalue weighted by Gasteiger charge is -2.38. The third kappa shape index (κ3) is 3.92. The molecule has 1 unspecified atom stereocenters. The molecule has 0 bridgehead atoms. The highest BCUT2D eigenvalue weighted by Crippen LogP contribution is 2.37. The van der Waals surface area contributed by atoms with E-state index in [1.165, 1.54) is 0 Å². The summed E-state index contributed by atoms with van der Waals surface area (Å²) >= 11 is 0. The van der Waals surface area contributed by atoms with Crippen molar-refractivity contribution in [3.63, 3.8) is 0 Å². The van der Waals surface area contributed by atoms with Gasteiger partial charge in [0.1, 0.15) is 11.6 Å². The summed E-state index contributed by atoms with van der Waals surface area (Å²) in [5.74, 6) is 1.88. The Morgan fingerprint density at radius 3 is 2.42 bits per heavy atom. The normalized spacial score (nSPS) is 16.9. The second-order valence-electron chi connectivity index (χ2n) is 8.64. The molecule has 1 aromatic heterocycles. The molecule has 4 rings (SSSR count). The molecule has 0 spiro atoms. The molecule has 2 aromatic carbocycles. The Morgan fingerprint density at radius 2 is 1.81 bits per heavy atom. The third-order valence-corrected chi connectivity index (χ3v) is 6.48. The highest BCUT2D eigenvalue weighted by molar-refractivity contribution is 5.89. The van der Waals surface area contributed by atoms with Crippen molar-refractivity contribution in [2.24, 2.45) is 13.0 Å². The van der Waals surface area contributed by atoms with Crippen molar-refractivity contribution < 1.29 is 14.3 Å². The highest BCUT2D eigenvalue weighted by atomic mass is 16.5. The minimum atomic E-state index is -0.623. The number of aryl methyl sites for hydroxylation is 1. The van der Waals surface area contributed by atoms with Gasteiger partial charge in [0.25, 0.3) is 0 Å². The number of hydrogen-bond donors (Lipinski definition) is 1. The summed E-state index contributed by atoms with van der Waals surface area (Å²) in [7, 11) is 3.66. The molecule has 164 valence electrons. The second kappa shape index (κ2) is 8.71. The quantitative estimate of drug-likeness (QED) is 0.650. The van der Waals surface area contributed by atoms with Gasteiger partial charge < -0.3 is 19.4 Å². The Hall–Kier alpha value is -2.86. The number of methoxy groups -OCH3 is 1. The summed E-state index contributed by atoms with van der Waals surface area (Å²) in [6.45, 7) is 5.37. The zero-order valence-corrected chi connectivity index (χ0v) is 18.7. The molecule has 0 saturated carbocycles. The molecule has 0 radical (unpaired) electrons. The summed E-state index contributed by atoms with van der Waals surface area (Å²) in [5, 5.41) is 3.36. The van der Waals surface area contributed by atoms with Gasteiger partial charge in [-0.2, -0.15) is 0 Å². The van der Waals surface area contributed by atoms with E-state index in [2.05, 4.69) is 29.8 Å². The number of ether oxygens (including phenoxy) is 2. The minimum Gasteiger partial charge on any atom is -0.497 e. The van der Waals surface area contributed by atoms with Crippen molar-refractivity contribution in [1.82, 2.24) is 14.9 Å². The van der Waals surface area contributed by atoms with Crippen LogP contribution in [0.15, 0.2) is 48.5 Å². The Bertz CT molecular complexity index is 1050. The number of nitrogens with one attached hydrogen (secondary N) is 1. The third-order valence-electron chi connectivity index (χ3n) is 6.48. The van der Waals surface area contributed by atoms with Crippen LogP contribution in [0.4, 0.5) is 0 Å². The predicted molar refractivity (Wildman–Crippen MR) is 121 cm³/mol. The lowest BCUT2D eigenvalue weighted by Crippen LogP contribution is -2.50. The maximum Gasteiger partial charge on any atom is 0.231 e. The second-order valence-corrected chi connectivity index (χ2v) is 8.64. The maximum absolute atomic E-state index is 13.9. The number of hydrogen-bond acceptors (Lipinski definition) is 4. The Labute approximate surface area is 183 Å². The fraction of sp³-hybridized carbons (Fsp3) is 0.440. The van der Waals surface area contributed by atoms with E-state index in [1.807, 2.05) is 49.5 Å². The van der Waals surface area contributed by atoms with Gasteiger partial charge >= 0.3 is 0 Å². The summed E-state index contributed by atoms with van der Waals surface area (Å²) in [6, 6.07) is 15.7. The van der Waals surface area contributed by atoms with Crippen LogP contribution in [0.2, 0.25) is 0 Å². The van der Waals surface area contributed by atoms with Crippen molar-refractivity contribution in [3.8, 4) is 5.75 Å². The van der Waals surface area contributed by atoms with Crippen LogP contribution < -0.4 is 10.1 Å². The molecule has 1 aliphatic heterocycles. The van der Waals surface area contributed by atoms with E-state index < -0.39 is 5.41 Å². The van der Waals surface area contributed by atoms with Gasteiger partial charge in [-0.3, -0.25) is 4.79 Å². The molecule has 1 N–H and O–H groups in total. The first-order chi connectivity index (χ1) is 15.0. The number of para-hydroxylation sites is 2. The molecule has 2 heterocycles. The van der Waals surface area contributed by atoms with Crippen molar-refractivity contribution in [1.29, 1.82) is 0 Å². The molecule has 1 atom stereocenters. The lowest BCUT2D eigenvalue weighted by atomic mass is 9.73. The molecule has 6 nitrogen and oxygen atoms in total. The van der Waals surface area contributed by atoms with Gasteiger partial charge in [0, 0.05) is 20.3 Å². The number of imidazole rings is 1. The Balaban J connectivity index is 1.69. The van der Waals surface area contributed by atoms with Crippen LogP contribution in [0, 0.1) is 5.92 Å². The summed E-state index contributed by atoms with van der Waals surface area (Å²) in [6.07, 6.45) is 1.30. The lowest BCUT2D eigenvalue weighted by molar-refractivity contribution is -0.131. The van der Waals surface area contributed by atoms with Gasteiger partial charge in [-0.1, -0.05) is 38.1 Å². The monoisotopic (exact) mass is 421 g/mol. The van der Waals surface area contributed by atoms with Crippen molar-refractivity contribution in [2.45, 2.75) is 38.1 Å². The highest BCUT2D eigenvalue weighted by Gasteiger charge is 2.43. The van der Waals surface area contributed by atoms with E-state index in [0.717, 1.165) is 28.2 Å². The van der Waals surface area contributed by atoms with E-state index >= 15 is 0 Å². The summed E-state index contributed by atoms with van der Waals surface area (Å²) < 4.78 is 13.0. The van der Waals surface area contributed by atoms with Crippen molar-refractivity contribution >= 4 is 16.9 Å². The number of fused-ring (bicyclic) bond motifs is 1. The van der Waals surface area contributed by atoms with Gasteiger partial charge in [0.05, 0.1) is 29.6 Å². The van der Waals surface area contributed by atoms with Crippen LogP contribution in [-0.4, -0.2) is 35.8 Å². The van der Waals surface area contributed by atoms with Crippen LogP contribution in [-0.2, 0) is 22.0 Å². The Kier molecular flexibility index (Phi) is 6.01. The summed E-state index contributed by atoms with van der Waals surface area (Å²) in [5.41, 5.74) is 2.38. The number of rotatable bonds is 6. The molecule has 3 aromatic rings. The fourth-order valence-electron chi connectivity index (χ4n) is 4.53. The van der Waals surface area contributed by atoms with Crippen LogP contribution in [0.3, 0.4) is 0 Å². The molecule has 0 aliphatic carbocycles. The predicted octanol–water partition coefficient (Wildman–Crippen LogP) is 4.14. The number of nitrogens with zero attached hydrogens (tertiary/aromatic N) is 2. The molecule has 31 heavy (non-hydrogen) atoms. The molecule has 1 fully saturated rings.